The molecule has 2 bridgehead atoms. The third-order valence-electron chi connectivity index (χ3n) is 5.79. The van der Waals surface area contributed by atoms with Crippen LogP contribution < -0.4 is 11.2 Å². The molecule has 2 aliphatic heterocycles. The Morgan fingerprint density at radius 2 is 1.86 bits per heavy atom. The first kappa shape index (κ1) is 29.2. The molecule has 0 aromatic heterocycles. The van der Waals surface area contributed by atoms with Crippen LogP contribution >= 0.6 is 0 Å². The molecule has 13 nitrogen and oxygen atoms in total. The molecule has 0 spiro atoms. The summed E-state index contributed by atoms with van der Waals surface area (Å²) >= 11 is 0. The second-order valence-corrected chi connectivity index (χ2v) is 10.5. The number of hydroxylamine groups is 3. The zero-order chi connectivity index (χ0) is 26.1. The highest BCUT2D eigenvalue weighted by Crippen LogP contribution is 2.31. The summed E-state index contributed by atoms with van der Waals surface area (Å²) in [5.41, 5.74) is 6.29. The fraction of sp³-hybridized carbons (Fsp3) is 0.857. The second kappa shape index (κ2) is 13.3. The molecule has 0 aromatic carbocycles. The number of unbranched alkanes of at least 4 members (excludes halogenated alkanes) is 4. The van der Waals surface area contributed by atoms with Crippen molar-refractivity contribution in [3.05, 3.63) is 0 Å². The maximum atomic E-state index is 12.7. The number of ether oxygens (including phenoxy) is 1. The zero-order valence-electron chi connectivity index (χ0n) is 20.7. The van der Waals surface area contributed by atoms with Crippen molar-refractivity contribution in [1.82, 2.24) is 15.4 Å². The molecule has 2 aliphatic rings. The van der Waals surface area contributed by atoms with E-state index in [1.54, 1.807) is 0 Å². The van der Waals surface area contributed by atoms with Crippen molar-refractivity contribution in [3.8, 4) is 0 Å². The molecule has 2 rings (SSSR count). The van der Waals surface area contributed by atoms with Crippen molar-refractivity contribution >= 4 is 28.3 Å². The molecule has 35 heavy (non-hydrogen) atoms. The minimum absolute atomic E-state index is 0.111. The molecule has 3 N–H and O–H groups in total. The van der Waals surface area contributed by atoms with E-state index < -0.39 is 52.4 Å². The number of carbonyl (C=O) groups excluding carboxylic acids is 3. The van der Waals surface area contributed by atoms with Crippen LogP contribution in [-0.2, 0) is 38.0 Å². The van der Waals surface area contributed by atoms with Gasteiger partial charge in [-0.25, -0.2) is 14.5 Å². The Morgan fingerprint density at radius 1 is 1.14 bits per heavy atom. The van der Waals surface area contributed by atoms with Gasteiger partial charge in [0.15, 0.2) is 0 Å². The normalized spacial score (nSPS) is 20.3. The fourth-order valence-electron chi connectivity index (χ4n) is 3.72. The summed E-state index contributed by atoms with van der Waals surface area (Å²) in [7, 11) is -4.66. The third kappa shape index (κ3) is 8.56. The number of rotatable bonds is 16. The topological polar surface area (TPSA) is 167 Å². The summed E-state index contributed by atoms with van der Waals surface area (Å²) in [5.74, 6) is -1.12. The molecule has 2 heterocycles. The van der Waals surface area contributed by atoms with Crippen molar-refractivity contribution in [3.63, 3.8) is 0 Å². The van der Waals surface area contributed by atoms with Crippen LogP contribution in [0.15, 0.2) is 0 Å². The van der Waals surface area contributed by atoms with Crippen LogP contribution in [0.1, 0.15) is 65.7 Å². The summed E-state index contributed by atoms with van der Waals surface area (Å²) in [6.45, 7) is 5.27. The molecule has 3 amide bonds. The third-order valence-corrected chi connectivity index (χ3v) is 6.54. The molecule has 14 heteroatoms. The van der Waals surface area contributed by atoms with Crippen LogP contribution in [0.4, 0.5) is 4.79 Å². The quantitative estimate of drug-likeness (QED) is 0.169. The minimum atomic E-state index is -4.66. The van der Waals surface area contributed by atoms with Gasteiger partial charge in [-0.1, -0.05) is 32.6 Å². The smallest absolute Gasteiger partial charge is 0.421 e. The maximum absolute atomic E-state index is 12.7. The van der Waals surface area contributed by atoms with Gasteiger partial charge >= 0.3 is 22.4 Å². The van der Waals surface area contributed by atoms with Gasteiger partial charge in [0.25, 0.3) is 5.91 Å². The van der Waals surface area contributed by atoms with Gasteiger partial charge < -0.3 is 15.4 Å². The van der Waals surface area contributed by atoms with Crippen LogP contribution in [-0.4, -0.2) is 81.3 Å². The average molecular weight is 523 g/mol. The lowest BCUT2D eigenvalue weighted by atomic mass is 9.95. The molecule has 0 radical (unpaired) electrons. The van der Waals surface area contributed by atoms with Crippen molar-refractivity contribution in [2.75, 3.05) is 32.9 Å². The van der Waals surface area contributed by atoms with Gasteiger partial charge in [0.1, 0.15) is 6.04 Å². The number of esters is 1. The van der Waals surface area contributed by atoms with Crippen LogP contribution in [0.3, 0.4) is 0 Å². The van der Waals surface area contributed by atoms with E-state index in [4.69, 9.17) is 23.8 Å². The van der Waals surface area contributed by atoms with Crippen molar-refractivity contribution in [2.45, 2.75) is 77.8 Å². The molecule has 0 aromatic rings. The van der Waals surface area contributed by atoms with Gasteiger partial charge in [-0.3, -0.25) is 14.4 Å². The first-order valence-electron chi connectivity index (χ1n) is 12.0. The van der Waals surface area contributed by atoms with Gasteiger partial charge in [-0.15, -0.1) is 4.28 Å². The Kier molecular flexibility index (Phi) is 11.1. The van der Waals surface area contributed by atoms with Crippen molar-refractivity contribution in [1.29, 1.82) is 0 Å². The number of piperidine rings is 1. The number of carbonyl (C=O) groups is 3. The molecule has 202 valence electrons. The summed E-state index contributed by atoms with van der Waals surface area (Å²) in [5, 5.41) is 0.699. The van der Waals surface area contributed by atoms with Gasteiger partial charge in [-0.2, -0.15) is 13.5 Å². The Balaban J connectivity index is 1.84. The lowest BCUT2D eigenvalue weighted by Crippen LogP contribution is -2.50. The van der Waals surface area contributed by atoms with E-state index in [0.29, 0.717) is 17.9 Å². The van der Waals surface area contributed by atoms with Gasteiger partial charge in [0, 0.05) is 13.1 Å². The Hall–Kier alpha value is -2.00. The highest BCUT2D eigenvalue weighted by atomic mass is 32.3. The van der Waals surface area contributed by atoms with Gasteiger partial charge in [0.05, 0.1) is 31.3 Å². The standard InChI is InChI=1S/C21H38N4O9S/c1-4-5-6-7-8-12-31-19(27)21(2,3)15-33-35(29,30)34-25-16-9-10-17(24(14-16)20(25)28)18(26)23-32-13-11-22/h16-17H,4-15,22H2,1-3H3,(H,23,26)/t16?,17-/m0/s1. The van der Waals surface area contributed by atoms with E-state index >= 15 is 0 Å². The number of nitrogens with zero attached hydrogens (tertiary/aromatic N) is 2. The molecule has 2 atom stereocenters. The summed E-state index contributed by atoms with van der Waals surface area (Å²) in [6.07, 6.45) is 5.62. The monoisotopic (exact) mass is 522 g/mol. The second-order valence-electron chi connectivity index (χ2n) is 9.29. The maximum Gasteiger partial charge on any atom is 0.421 e. The van der Waals surface area contributed by atoms with E-state index in [9.17, 15) is 22.8 Å². The van der Waals surface area contributed by atoms with Crippen molar-refractivity contribution < 1.29 is 40.8 Å². The number of hydrogen-bond acceptors (Lipinski definition) is 10. The van der Waals surface area contributed by atoms with Crippen LogP contribution in [0.5, 0.6) is 0 Å². The van der Waals surface area contributed by atoms with Crippen LogP contribution in [0, 0.1) is 5.41 Å². The molecule has 2 fully saturated rings. The molecular formula is C21H38N4O9S. The average Bonchev–Trinajstić information content (AvgIpc) is 3.04. The zero-order valence-corrected chi connectivity index (χ0v) is 21.5. The number of fused-ring (bicyclic) bond motifs is 2. The Bertz CT molecular complexity index is 837. The number of urea groups is 1. The lowest BCUT2D eigenvalue weighted by Gasteiger charge is -2.28. The molecule has 1 unspecified atom stereocenters. The van der Waals surface area contributed by atoms with Gasteiger partial charge in [-0.05, 0) is 33.1 Å². The van der Waals surface area contributed by atoms with Crippen LogP contribution in [0.2, 0.25) is 0 Å². The first-order chi connectivity index (χ1) is 16.5. The number of nitrogens with two attached hydrogens (primary N) is 1. The minimum Gasteiger partial charge on any atom is -0.465 e. The largest absolute Gasteiger partial charge is 0.465 e. The molecular weight excluding hydrogens is 484 g/mol. The van der Waals surface area contributed by atoms with Crippen LogP contribution in [0.25, 0.3) is 0 Å². The first-order valence-corrected chi connectivity index (χ1v) is 13.3. The summed E-state index contributed by atoms with van der Waals surface area (Å²) in [4.78, 5) is 43.5. The number of nitrogens with one attached hydrogen (secondary N) is 1. The van der Waals surface area contributed by atoms with E-state index in [0.717, 1.165) is 32.1 Å². The summed E-state index contributed by atoms with van der Waals surface area (Å²) < 4.78 is 39.9. The van der Waals surface area contributed by atoms with Crippen molar-refractivity contribution in [2.24, 2.45) is 11.1 Å². The fourth-order valence-corrected chi connectivity index (χ4v) is 4.58. The predicted molar refractivity (Wildman–Crippen MR) is 123 cm³/mol. The van der Waals surface area contributed by atoms with E-state index in [2.05, 4.69) is 12.4 Å². The number of amides is 3. The Labute approximate surface area is 206 Å². The van der Waals surface area contributed by atoms with Gasteiger partial charge in [0.2, 0.25) is 0 Å². The molecule has 0 saturated carbocycles. The van der Waals surface area contributed by atoms with E-state index in [1.807, 2.05) is 0 Å². The Morgan fingerprint density at radius 3 is 2.54 bits per heavy atom. The lowest BCUT2D eigenvalue weighted by molar-refractivity contribution is -0.156. The molecule has 2 saturated heterocycles. The van der Waals surface area contributed by atoms with E-state index in [-0.39, 0.29) is 26.3 Å². The predicted octanol–water partition coefficient (Wildman–Crippen LogP) is 0.994. The summed E-state index contributed by atoms with van der Waals surface area (Å²) in [6, 6.07) is -2.18. The molecule has 0 aliphatic carbocycles. The van der Waals surface area contributed by atoms with E-state index in [1.165, 1.54) is 18.7 Å². The highest BCUT2D eigenvalue weighted by Gasteiger charge is 2.49. The number of hydrogen-bond donors (Lipinski definition) is 2. The highest BCUT2D eigenvalue weighted by molar-refractivity contribution is 7.81. The SMILES string of the molecule is CCCCCCCOC(=O)C(C)(C)COS(=O)(=O)ON1C(=O)N2CC1CC[C@H]2C(=O)NOCCN.